The monoisotopic (exact) mass is 393 g/mol. The summed E-state index contributed by atoms with van der Waals surface area (Å²) >= 11 is 1.50. The number of benzene rings is 1. The van der Waals surface area contributed by atoms with E-state index < -0.39 is 0 Å². The zero-order valence-electron chi connectivity index (χ0n) is 16.8. The van der Waals surface area contributed by atoms with Gasteiger partial charge < -0.3 is 5.32 Å². The molecule has 3 rings (SSSR count). The molecule has 1 aromatic carbocycles. The van der Waals surface area contributed by atoms with E-state index in [9.17, 15) is 10.1 Å². The number of nitriles is 1. The number of aromatic nitrogens is 1. The normalized spacial score (nSPS) is 16.1. The second kappa shape index (κ2) is 8.79. The molecular weight excluding hydrogens is 366 g/mol. The van der Waals surface area contributed by atoms with Crippen molar-refractivity contribution in [1.82, 2.24) is 4.98 Å². The molecule has 4 nitrogen and oxygen atoms in total. The fraction of sp³-hybridized carbons (Fsp3) is 0.435. The molecule has 5 heteroatoms. The molecule has 28 heavy (non-hydrogen) atoms. The van der Waals surface area contributed by atoms with E-state index in [0.717, 1.165) is 35.7 Å². The quantitative estimate of drug-likeness (QED) is 0.707. The highest BCUT2D eigenvalue weighted by Gasteiger charge is 2.30. The molecule has 1 heterocycles. The Labute approximate surface area is 171 Å². The Morgan fingerprint density at radius 3 is 2.75 bits per heavy atom. The van der Waals surface area contributed by atoms with E-state index in [-0.39, 0.29) is 11.3 Å². The van der Waals surface area contributed by atoms with Crippen LogP contribution in [0.25, 0.3) is 0 Å². The minimum absolute atomic E-state index is 0.0248. The van der Waals surface area contributed by atoms with Gasteiger partial charge in [0.25, 0.3) is 0 Å². The maximum Gasteiger partial charge on any atom is 0.225 e. The van der Waals surface area contributed by atoms with Crippen LogP contribution in [0.15, 0.2) is 41.4 Å². The summed E-state index contributed by atoms with van der Waals surface area (Å²) in [5, 5.41) is 13.2. The molecule has 1 aromatic heterocycles. The van der Waals surface area contributed by atoms with Gasteiger partial charge in [-0.2, -0.15) is 5.26 Å². The van der Waals surface area contributed by atoms with Gasteiger partial charge in [0.05, 0.1) is 5.56 Å². The molecular formula is C23H27N3OS. The Morgan fingerprint density at radius 2 is 2.07 bits per heavy atom. The first-order valence-corrected chi connectivity index (χ1v) is 10.8. The molecule has 1 unspecified atom stereocenters. The highest BCUT2D eigenvalue weighted by Crippen LogP contribution is 2.38. The summed E-state index contributed by atoms with van der Waals surface area (Å²) in [5.41, 5.74) is 4.03. The van der Waals surface area contributed by atoms with Gasteiger partial charge >= 0.3 is 0 Å². The molecule has 0 saturated heterocycles. The van der Waals surface area contributed by atoms with Gasteiger partial charge in [-0.15, -0.1) is 11.8 Å². The van der Waals surface area contributed by atoms with Gasteiger partial charge in [-0.3, -0.25) is 4.79 Å². The summed E-state index contributed by atoms with van der Waals surface area (Å²) in [5.74, 6) is 1.20. The molecule has 146 valence electrons. The van der Waals surface area contributed by atoms with Crippen LogP contribution < -0.4 is 5.32 Å². The third-order valence-electron chi connectivity index (χ3n) is 5.32. The summed E-state index contributed by atoms with van der Waals surface area (Å²) in [4.78, 5) is 16.9. The van der Waals surface area contributed by atoms with Gasteiger partial charge in [0, 0.05) is 23.6 Å². The van der Waals surface area contributed by atoms with E-state index in [0.29, 0.717) is 23.7 Å². The van der Waals surface area contributed by atoms with Gasteiger partial charge in [0.2, 0.25) is 5.91 Å². The molecule has 2 aromatic rings. The number of carbonyl (C=O) groups excluding carboxylic acids is 1. The highest BCUT2D eigenvalue weighted by molar-refractivity contribution is 7.99. The lowest BCUT2D eigenvalue weighted by atomic mass is 9.71. The second-order valence-corrected chi connectivity index (χ2v) is 9.46. The molecule has 1 atom stereocenters. The van der Waals surface area contributed by atoms with Crippen molar-refractivity contribution in [2.24, 2.45) is 11.3 Å². The van der Waals surface area contributed by atoms with Crippen molar-refractivity contribution >= 4 is 23.4 Å². The van der Waals surface area contributed by atoms with E-state index in [1.807, 2.05) is 36.4 Å². The topological polar surface area (TPSA) is 65.8 Å². The summed E-state index contributed by atoms with van der Waals surface area (Å²) in [6, 6.07) is 13.8. The number of thioether (sulfide) groups is 1. The fourth-order valence-electron chi connectivity index (χ4n) is 3.56. The van der Waals surface area contributed by atoms with Crippen molar-refractivity contribution < 1.29 is 4.79 Å². The summed E-state index contributed by atoms with van der Waals surface area (Å²) < 4.78 is 0. The molecule has 1 aliphatic carbocycles. The minimum Gasteiger partial charge on any atom is -0.326 e. The molecule has 0 radical (unpaired) electrons. The first-order chi connectivity index (χ1) is 13.4. The molecule has 1 N–H and O–H groups in total. The van der Waals surface area contributed by atoms with E-state index in [1.165, 1.54) is 17.3 Å². The van der Waals surface area contributed by atoms with Crippen LogP contribution in [-0.4, -0.2) is 16.6 Å². The maximum atomic E-state index is 12.1. The number of para-hydroxylation sites is 1. The third kappa shape index (κ3) is 5.14. The lowest BCUT2D eigenvalue weighted by Gasteiger charge is -2.34. The van der Waals surface area contributed by atoms with E-state index in [2.05, 4.69) is 32.2 Å². The molecule has 0 bridgehead atoms. The first kappa shape index (κ1) is 20.4. The van der Waals surface area contributed by atoms with E-state index >= 15 is 0 Å². The minimum atomic E-state index is -0.0248. The maximum absolute atomic E-state index is 12.1. The average molecular weight is 394 g/mol. The Bertz CT molecular complexity index is 881. The van der Waals surface area contributed by atoms with Crippen LogP contribution in [0.3, 0.4) is 0 Å². The molecule has 0 fully saturated rings. The van der Waals surface area contributed by atoms with Crippen molar-refractivity contribution in [3.05, 3.63) is 53.2 Å². The summed E-state index contributed by atoms with van der Waals surface area (Å²) in [6.07, 6.45) is 3.48. The van der Waals surface area contributed by atoms with Gasteiger partial charge in [0.15, 0.2) is 0 Å². The number of pyridine rings is 1. The second-order valence-electron chi connectivity index (χ2n) is 8.38. The molecule has 1 aliphatic rings. The number of anilines is 1. The van der Waals surface area contributed by atoms with Crippen molar-refractivity contribution in [3.63, 3.8) is 0 Å². The zero-order valence-corrected chi connectivity index (χ0v) is 17.6. The largest absolute Gasteiger partial charge is 0.326 e. The summed E-state index contributed by atoms with van der Waals surface area (Å²) in [7, 11) is 0. The van der Waals surface area contributed by atoms with E-state index in [4.69, 9.17) is 4.98 Å². The van der Waals surface area contributed by atoms with Gasteiger partial charge in [-0.1, -0.05) is 39.0 Å². The molecule has 0 spiro atoms. The third-order valence-corrected chi connectivity index (χ3v) is 6.32. The van der Waals surface area contributed by atoms with Crippen LogP contribution in [0, 0.1) is 22.7 Å². The molecule has 1 amide bonds. The number of amides is 1. The van der Waals surface area contributed by atoms with Gasteiger partial charge in [0.1, 0.15) is 11.1 Å². The fourth-order valence-corrected chi connectivity index (χ4v) is 4.48. The Morgan fingerprint density at radius 1 is 1.32 bits per heavy atom. The number of hydrogen-bond donors (Lipinski definition) is 1. The SMILES string of the molecule is CC(C)(C)C1CCc2nc(SCCC(=O)Nc3ccccc3)c(C#N)cc2C1. The number of fused-ring (bicyclic) bond motifs is 1. The number of nitrogens with one attached hydrogen (secondary N) is 1. The standard InChI is InChI=1S/C23H27N3OS/c1-23(2,3)18-9-10-20-16(14-18)13-17(15-24)22(26-20)28-12-11-21(27)25-19-7-5-4-6-8-19/h4-8,13,18H,9-12,14H2,1-3H3,(H,25,27). The average Bonchev–Trinajstić information content (AvgIpc) is 2.67. The predicted molar refractivity (Wildman–Crippen MR) is 114 cm³/mol. The van der Waals surface area contributed by atoms with Crippen LogP contribution >= 0.6 is 11.8 Å². The van der Waals surface area contributed by atoms with Crippen LogP contribution in [0.1, 0.15) is 50.4 Å². The number of rotatable bonds is 5. The summed E-state index contributed by atoms with van der Waals surface area (Å²) in [6.45, 7) is 6.85. The van der Waals surface area contributed by atoms with Crippen molar-refractivity contribution in [1.29, 1.82) is 5.26 Å². The predicted octanol–water partition coefficient (Wildman–Crippen LogP) is 5.23. The van der Waals surface area contributed by atoms with Crippen molar-refractivity contribution in [2.75, 3.05) is 11.1 Å². The zero-order chi connectivity index (χ0) is 20.1. The highest BCUT2D eigenvalue weighted by atomic mass is 32.2. The molecule has 0 aliphatic heterocycles. The smallest absolute Gasteiger partial charge is 0.225 e. The van der Waals surface area contributed by atoms with Crippen LogP contribution in [0.2, 0.25) is 0 Å². The first-order valence-electron chi connectivity index (χ1n) is 9.77. The van der Waals surface area contributed by atoms with Crippen LogP contribution in [0.5, 0.6) is 0 Å². The lowest BCUT2D eigenvalue weighted by Crippen LogP contribution is -2.27. The van der Waals surface area contributed by atoms with Crippen LogP contribution in [-0.2, 0) is 17.6 Å². The lowest BCUT2D eigenvalue weighted by molar-refractivity contribution is -0.115. The number of aryl methyl sites for hydroxylation is 1. The van der Waals surface area contributed by atoms with Gasteiger partial charge in [-0.05, 0) is 54.4 Å². The number of nitrogens with zero attached hydrogens (tertiary/aromatic N) is 2. The number of carbonyl (C=O) groups is 1. The number of hydrogen-bond acceptors (Lipinski definition) is 4. The van der Waals surface area contributed by atoms with Crippen molar-refractivity contribution in [2.45, 2.75) is 51.5 Å². The van der Waals surface area contributed by atoms with Gasteiger partial charge in [-0.25, -0.2) is 4.98 Å². The van der Waals surface area contributed by atoms with E-state index in [1.54, 1.807) is 0 Å². The Balaban J connectivity index is 1.62. The Hall–Kier alpha value is -2.32. The Kier molecular flexibility index (Phi) is 6.41. The van der Waals surface area contributed by atoms with Crippen molar-refractivity contribution in [3.8, 4) is 6.07 Å². The molecule has 0 saturated carbocycles. The van der Waals surface area contributed by atoms with Crippen LogP contribution in [0.4, 0.5) is 5.69 Å².